The molecule has 0 saturated heterocycles. The van der Waals surface area contributed by atoms with Crippen LogP contribution in [0.4, 0.5) is 5.69 Å². The van der Waals surface area contributed by atoms with Crippen LogP contribution >= 0.6 is 0 Å². The Kier molecular flexibility index (Phi) is 1.70. The fraction of sp³-hybridized carbons (Fsp3) is 0.125. The average molecular weight is 177 g/mol. The lowest BCUT2D eigenvalue weighted by atomic mass is 10.1. The summed E-state index contributed by atoms with van der Waals surface area (Å²) in [5, 5.41) is 14.4. The van der Waals surface area contributed by atoms with Crippen LogP contribution in [0, 0.1) is 10.1 Å². The van der Waals surface area contributed by atoms with Crippen molar-refractivity contribution in [1.82, 2.24) is 5.43 Å². The van der Waals surface area contributed by atoms with E-state index in [1.165, 1.54) is 6.07 Å². The van der Waals surface area contributed by atoms with Gasteiger partial charge >= 0.3 is 0 Å². The Hall–Kier alpha value is -1.91. The van der Waals surface area contributed by atoms with E-state index in [4.69, 9.17) is 0 Å². The molecule has 0 bridgehead atoms. The van der Waals surface area contributed by atoms with Gasteiger partial charge < -0.3 is 5.43 Å². The van der Waals surface area contributed by atoms with Crippen molar-refractivity contribution in [3.8, 4) is 0 Å². The highest BCUT2D eigenvalue weighted by atomic mass is 16.6. The molecule has 0 spiro atoms. The Morgan fingerprint density at radius 1 is 1.54 bits per heavy atom. The molecule has 13 heavy (non-hydrogen) atoms. The van der Waals surface area contributed by atoms with Crippen molar-refractivity contribution in [3.63, 3.8) is 0 Å². The van der Waals surface area contributed by atoms with E-state index >= 15 is 0 Å². The van der Waals surface area contributed by atoms with Crippen molar-refractivity contribution in [2.75, 3.05) is 0 Å². The molecule has 1 aliphatic heterocycles. The van der Waals surface area contributed by atoms with Crippen LogP contribution < -0.4 is 5.43 Å². The molecule has 5 heteroatoms. The van der Waals surface area contributed by atoms with Gasteiger partial charge in [-0.05, 0) is 0 Å². The average Bonchev–Trinajstić information content (AvgIpc) is 2.17. The predicted molar refractivity (Wildman–Crippen MR) is 47.5 cm³/mol. The van der Waals surface area contributed by atoms with Gasteiger partial charge in [0, 0.05) is 11.6 Å². The van der Waals surface area contributed by atoms with Crippen LogP contribution in [0.3, 0.4) is 0 Å². The number of fused-ring (bicyclic) bond motifs is 1. The zero-order valence-electron chi connectivity index (χ0n) is 6.73. The summed E-state index contributed by atoms with van der Waals surface area (Å²) in [5.74, 6) is 0. The molecule has 0 unspecified atom stereocenters. The fourth-order valence-corrected chi connectivity index (χ4v) is 1.32. The standard InChI is InChI=1S/C8H7N3O2/c12-11(13)8-3-1-2-6-4-9-10-5-7(6)8/h1-4,10H,5H2. The summed E-state index contributed by atoms with van der Waals surface area (Å²) in [6.07, 6.45) is 1.59. The van der Waals surface area contributed by atoms with Crippen LogP contribution in [0.1, 0.15) is 11.1 Å². The molecular formula is C8H7N3O2. The van der Waals surface area contributed by atoms with Gasteiger partial charge in [-0.25, -0.2) is 0 Å². The Balaban J connectivity index is 2.59. The van der Waals surface area contributed by atoms with E-state index in [1.807, 2.05) is 6.07 Å². The van der Waals surface area contributed by atoms with Gasteiger partial charge in [-0.15, -0.1) is 0 Å². The Morgan fingerprint density at radius 3 is 3.15 bits per heavy atom. The largest absolute Gasteiger partial charge is 0.305 e. The minimum atomic E-state index is -0.375. The Morgan fingerprint density at radius 2 is 2.38 bits per heavy atom. The molecule has 1 aliphatic rings. The molecular weight excluding hydrogens is 170 g/mol. The second-order valence-corrected chi connectivity index (χ2v) is 2.70. The number of nitro benzene ring substituents is 1. The van der Waals surface area contributed by atoms with Crippen LogP contribution in [0.2, 0.25) is 0 Å². The first kappa shape index (κ1) is 7.72. The van der Waals surface area contributed by atoms with Gasteiger partial charge in [-0.2, -0.15) is 5.10 Å². The van der Waals surface area contributed by atoms with Crippen molar-refractivity contribution in [2.24, 2.45) is 5.10 Å². The molecule has 0 radical (unpaired) electrons. The summed E-state index contributed by atoms with van der Waals surface area (Å²) in [4.78, 5) is 10.2. The van der Waals surface area contributed by atoms with Crippen molar-refractivity contribution >= 4 is 11.9 Å². The van der Waals surface area contributed by atoms with Gasteiger partial charge in [0.15, 0.2) is 0 Å². The molecule has 1 aromatic rings. The smallest absolute Gasteiger partial charge is 0.275 e. The number of benzene rings is 1. The normalized spacial score (nSPS) is 13.2. The minimum absolute atomic E-state index is 0.149. The van der Waals surface area contributed by atoms with E-state index in [0.717, 1.165) is 5.56 Å². The number of hydrogen-bond donors (Lipinski definition) is 1. The van der Waals surface area contributed by atoms with E-state index in [1.54, 1.807) is 12.3 Å². The molecule has 0 atom stereocenters. The summed E-state index contributed by atoms with van der Waals surface area (Å²) in [5.41, 5.74) is 4.36. The van der Waals surface area contributed by atoms with E-state index < -0.39 is 0 Å². The van der Waals surface area contributed by atoms with E-state index in [-0.39, 0.29) is 10.6 Å². The van der Waals surface area contributed by atoms with E-state index in [2.05, 4.69) is 10.5 Å². The van der Waals surface area contributed by atoms with Crippen molar-refractivity contribution in [3.05, 3.63) is 39.4 Å². The Labute approximate surface area is 74.2 Å². The molecule has 0 fully saturated rings. The quantitative estimate of drug-likeness (QED) is 0.514. The maximum Gasteiger partial charge on any atom is 0.275 e. The topological polar surface area (TPSA) is 67.5 Å². The van der Waals surface area contributed by atoms with Crippen LogP contribution in [0.5, 0.6) is 0 Å². The predicted octanol–water partition coefficient (Wildman–Crippen LogP) is 1.03. The van der Waals surface area contributed by atoms with Gasteiger partial charge in [0.1, 0.15) is 0 Å². The maximum absolute atomic E-state index is 10.6. The van der Waals surface area contributed by atoms with Crippen LogP contribution in [-0.4, -0.2) is 11.1 Å². The summed E-state index contributed by atoms with van der Waals surface area (Å²) in [6.45, 7) is 0.420. The van der Waals surface area contributed by atoms with Gasteiger partial charge in [0.2, 0.25) is 0 Å². The molecule has 0 aliphatic carbocycles. The number of nitrogens with zero attached hydrogens (tertiary/aromatic N) is 2. The molecule has 1 N–H and O–H groups in total. The first-order valence-electron chi connectivity index (χ1n) is 3.81. The summed E-state index contributed by atoms with van der Waals surface area (Å²) >= 11 is 0. The zero-order chi connectivity index (χ0) is 9.26. The molecule has 0 aromatic heterocycles. The van der Waals surface area contributed by atoms with Gasteiger partial charge in [-0.1, -0.05) is 12.1 Å². The Bertz CT molecular complexity index is 387. The minimum Gasteiger partial charge on any atom is -0.305 e. The summed E-state index contributed by atoms with van der Waals surface area (Å²) < 4.78 is 0. The molecule has 0 saturated carbocycles. The van der Waals surface area contributed by atoms with Gasteiger partial charge in [0.25, 0.3) is 5.69 Å². The summed E-state index contributed by atoms with van der Waals surface area (Å²) in [7, 11) is 0. The molecule has 1 aromatic carbocycles. The lowest BCUT2D eigenvalue weighted by Crippen LogP contribution is -2.14. The number of rotatable bonds is 1. The second kappa shape index (κ2) is 2.85. The third kappa shape index (κ3) is 1.24. The highest BCUT2D eigenvalue weighted by Gasteiger charge is 2.17. The number of hydrazone groups is 1. The van der Waals surface area contributed by atoms with Gasteiger partial charge in [0.05, 0.1) is 23.2 Å². The van der Waals surface area contributed by atoms with Gasteiger partial charge in [-0.3, -0.25) is 10.1 Å². The molecule has 1 heterocycles. The molecule has 0 amide bonds. The lowest BCUT2D eigenvalue weighted by Gasteiger charge is -2.10. The molecule has 2 rings (SSSR count). The SMILES string of the molecule is O=[N+]([O-])c1cccc2c1CNN=C2. The van der Waals surface area contributed by atoms with Crippen molar-refractivity contribution < 1.29 is 4.92 Å². The third-order valence-corrected chi connectivity index (χ3v) is 1.93. The molecule has 66 valence electrons. The zero-order valence-corrected chi connectivity index (χ0v) is 6.73. The monoisotopic (exact) mass is 177 g/mol. The second-order valence-electron chi connectivity index (χ2n) is 2.70. The molecule has 5 nitrogen and oxygen atoms in total. The van der Waals surface area contributed by atoms with E-state index in [9.17, 15) is 10.1 Å². The highest BCUT2D eigenvalue weighted by Crippen LogP contribution is 2.22. The van der Waals surface area contributed by atoms with E-state index in [0.29, 0.717) is 12.1 Å². The number of nitro groups is 1. The summed E-state index contributed by atoms with van der Waals surface area (Å²) in [6, 6.07) is 4.97. The van der Waals surface area contributed by atoms with Crippen molar-refractivity contribution in [2.45, 2.75) is 6.54 Å². The number of hydrogen-bond acceptors (Lipinski definition) is 4. The maximum atomic E-state index is 10.6. The third-order valence-electron chi connectivity index (χ3n) is 1.93. The highest BCUT2D eigenvalue weighted by molar-refractivity contribution is 5.84. The first-order valence-corrected chi connectivity index (χ1v) is 3.81. The number of nitrogens with one attached hydrogen (secondary N) is 1. The first-order chi connectivity index (χ1) is 6.29. The fourth-order valence-electron chi connectivity index (χ4n) is 1.32. The van der Waals surface area contributed by atoms with Crippen molar-refractivity contribution in [1.29, 1.82) is 0 Å². The lowest BCUT2D eigenvalue weighted by molar-refractivity contribution is -0.385. The van der Waals surface area contributed by atoms with Crippen LogP contribution in [0.25, 0.3) is 0 Å². The van der Waals surface area contributed by atoms with Crippen LogP contribution in [-0.2, 0) is 6.54 Å². The van der Waals surface area contributed by atoms with Crippen LogP contribution in [0.15, 0.2) is 23.3 Å².